The Morgan fingerprint density at radius 3 is 2.74 bits per heavy atom. The Morgan fingerprint density at radius 1 is 1.47 bits per heavy atom. The Hall–Kier alpha value is -1.36. The zero-order valence-electron chi connectivity index (χ0n) is 11.6. The number of rotatable bonds is 4. The van der Waals surface area contributed by atoms with E-state index in [0.717, 1.165) is 25.0 Å². The molecule has 3 N–H and O–H groups in total. The third-order valence-electron chi connectivity index (χ3n) is 4.70. The summed E-state index contributed by atoms with van der Waals surface area (Å²) in [6, 6.07) is 0.830. The number of aryl methyl sites for hydroxylation is 1. The Bertz CT molecular complexity index is 506. The highest BCUT2D eigenvalue weighted by Crippen LogP contribution is 2.40. The molecule has 0 spiro atoms. The van der Waals surface area contributed by atoms with Crippen LogP contribution in [-0.4, -0.2) is 27.0 Å². The number of hydrogen-bond donors (Lipinski definition) is 2. The highest BCUT2D eigenvalue weighted by Gasteiger charge is 2.47. The molecule has 2 fully saturated rings. The number of amides is 1. The maximum Gasteiger partial charge on any atom is 0.237 e. The van der Waals surface area contributed by atoms with E-state index >= 15 is 0 Å². The van der Waals surface area contributed by atoms with Crippen LogP contribution in [0.4, 0.5) is 0 Å². The maximum atomic E-state index is 11.9. The number of nitrogens with zero attached hydrogens (tertiary/aromatic N) is 2. The summed E-state index contributed by atoms with van der Waals surface area (Å²) in [6.07, 6.45) is 6.84. The van der Waals surface area contributed by atoms with E-state index < -0.39 is 5.54 Å². The highest BCUT2D eigenvalue weighted by molar-refractivity contribution is 5.85. The second kappa shape index (κ2) is 4.34. The van der Waals surface area contributed by atoms with E-state index in [4.69, 9.17) is 5.73 Å². The Balaban J connectivity index is 1.80. The minimum absolute atomic E-state index is 0.198. The van der Waals surface area contributed by atoms with E-state index in [1.165, 1.54) is 18.5 Å². The van der Waals surface area contributed by atoms with E-state index in [-0.39, 0.29) is 5.91 Å². The summed E-state index contributed by atoms with van der Waals surface area (Å²) in [4.78, 5) is 16.2. The van der Waals surface area contributed by atoms with Gasteiger partial charge in [-0.3, -0.25) is 4.79 Å². The molecule has 1 amide bonds. The van der Waals surface area contributed by atoms with Gasteiger partial charge >= 0.3 is 0 Å². The number of primary amides is 1. The van der Waals surface area contributed by atoms with Crippen LogP contribution in [-0.2, 0) is 4.79 Å². The first-order valence-electron chi connectivity index (χ1n) is 7.09. The lowest BCUT2D eigenvalue weighted by Crippen LogP contribution is -2.54. The van der Waals surface area contributed by atoms with Crippen LogP contribution in [0.1, 0.15) is 49.5 Å². The van der Waals surface area contributed by atoms with Crippen molar-refractivity contribution in [2.45, 2.75) is 63.6 Å². The van der Waals surface area contributed by atoms with Gasteiger partial charge in [-0.15, -0.1) is 0 Å². The van der Waals surface area contributed by atoms with Crippen molar-refractivity contribution in [3.05, 3.63) is 17.7 Å². The van der Waals surface area contributed by atoms with E-state index in [2.05, 4.69) is 21.8 Å². The molecule has 0 saturated heterocycles. The van der Waals surface area contributed by atoms with Crippen molar-refractivity contribution in [1.82, 2.24) is 14.9 Å². The van der Waals surface area contributed by atoms with Gasteiger partial charge in [0, 0.05) is 17.8 Å². The predicted octanol–water partition coefficient (Wildman–Crippen LogP) is 1.20. The van der Waals surface area contributed by atoms with Crippen LogP contribution < -0.4 is 11.1 Å². The Kier molecular flexibility index (Phi) is 2.89. The van der Waals surface area contributed by atoms with Gasteiger partial charge in [0.05, 0.1) is 17.6 Å². The fourth-order valence-corrected chi connectivity index (χ4v) is 3.19. The molecule has 0 bridgehead atoms. The zero-order chi connectivity index (χ0) is 13.6. The molecule has 19 heavy (non-hydrogen) atoms. The topological polar surface area (TPSA) is 72.9 Å². The van der Waals surface area contributed by atoms with Crippen LogP contribution in [0.2, 0.25) is 0 Å². The first-order chi connectivity index (χ1) is 9.02. The second-order valence-electron chi connectivity index (χ2n) is 6.08. The molecule has 2 aliphatic carbocycles. The molecule has 2 saturated carbocycles. The molecule has 0 aliphatic heterocycles. The molecule has 2 aliphatic rings. The van der Waals surface area contributed by atoms with Gasteiger partial charge in [-0.05, 0) is 46.0 Å². The number of carbonyl (C=O) groups is 1. The molecular formula is C14H22N4O. The number of nitrogens with two attached hydrogens (primary N) is 1. The van der Waals surface area contributed by atoms with Crippen molar-refractivity contribution in [2.24, 2.45) is 5.73 Å². The lowest BCUT2D eigenvalue weighted by atomic mass is 9.96. The minimum atomic E-state index is -0.504. The Morgan fingerprint density at radius 2 is 2.21 bits per heavy atom. The van der Waals surface area contributed by atoms with Gasteiger partial charge in [0.1, 0.15) is 0 Å². The van der Waals surface area contributed by atoms with E-state index in [9.17, 15) is 4.79 Å². The largest absolute Gasteiger partial charge is 0.368 e. The third-order valence-corrected chi connectivity index (χ3v) is 4.70. The summed E-state index contributed by atoms with van der Waals surface area (Å²) >= 11 is 0. The number of nitrogens with one attached hydrogen (secondary N) is 1. The molecule has 0 aromatic carbocycles. The number of hydrogen-bond acceptors (Lipinski definition) is 3. The van der Waals surface area contributed by atoms with Gasteiger partial charge < -0.3 is 15.6 Å². The number of carbonyl (C=O) groups excluding carboxylic acids is 1. The first-order valence-corrected chi connectivity index (χ1v) is 7.09. The zero-order valence-corrected chi connectivity index (χ0v) is 11.6. The first kappa shape index (κ1) is 12.7. The summed E-state index contributed by atoms with van der Waals surface area (Å²) in [5, 5.41) is 3.48. The quantitative estimate of drug-likeness (QED) is 0.856. The average molecular weight is 262 g/mol. The van der Waals surface area contributed by atoms with Gasteiger partial charge in [-0.1, -0.05) is 0 Å². The van der Waals surface area contributed by atoms with Crippen molar-refractivity contribution in [3.8, 4) is 0 Å². The van der Waals surface area contributed by atoms with Gasteiger partial charge in [0.15, 0.2) is 0 Å². The van der Waals surface area contributed by atoms with Crippen LogP contribution in [0.5, 0.6) is 0 Å². The van der Waals surface area contributed by atoms with Crippen molar-refractivity contribution >= 4 is 5.91 Å². The van der Waals surface area contributed by atoms with Crippen LogP contribution in [0, 0.1) is 13.8 Å². The molecular weight excluding hydrogens is 240 g/mol. The van der Waals surface area contributed by atoms with Crippen LogP contribution in [0.15, 0.2) is 6.33 Å². The molecule has 3 rings (SSSR count). The fraction of sp³-hybridized carbons (Fsp3) is 0.714. The van der Waals surface area contributed by atoms with Crippen LogP contribution in [0.25, 0.3) is 0 Å². The van der Waals surface area contributed by atoms with E-state index in [0.29, 0.717) is 12.1 Å². The minimum Gasteiger partial charge on any atom is -0.368 e. The fourth-order valence-electron chi connectivity index (χ4n) is 3.19. The molecule has 5 heteroatoms. The summed E-state index contributed by atoms with van der Waals surface area (Å²) in [5.41, 5.74) is 7.42. The molecule has 1 aromatic rings. The summed E-state index contributed by atoms with van der Waals surface area (Å²) in [7, 11) is 0. The van der Waals surface area contributed by atoms with Crippen molar-refractivity contribution in [1.29, 1.82) is 0 Å². The molecule has 5 nitrogen and oxygen atoms in total. The van der Waals surface area contributed by atoms with E-state index in [1.807, 2.05) is 13.3 Å². The van der Waals surface area contributed by atoms with Gasteiger partial charge in [0.2, 0.25) is 5.91 Å². The number of aromatic nitrogens is 2. The Labute approximate surface area is 113 Å². The molecule has 2 atom stereocenters. The van der Waals surface area contributed by atoms with Crippen molar-refractivity contribution in [3.63, 3.8) is 0 Å². The molecule has 1 heterocycles. The second-order valence-corrected chi connectivity index (χ2v) is 6.08. The lowest BCUT2D eigenvalue weighted by molar-refractivity contribution is -0.124. The molecule has 1 aromatic heterocycles. The SMILES string of the molecule is Cc1ncn(C2CCC(NC3CC3)(C(N)=O)C2)c1C. The lowest BCUT2D eigenvalue weighted by Gasteiger charge is -2.27. The molecule has 0 radical (unpaired) electrons. The standard InChI is InChI=1S/C14H22N4O/c1-9-10(2)18(8-16-9)12-5-6-14(7-12,13(15)19)17-11-3-4-11/h8,11-12,17H,3-7H2,1-2H3,(H2,15,19). The van der Waals surface area contributed by atoms with Gasteiger partial charge in [0.25, 0.3) is 0 Å². The smallest absolute Gasteiger partial charge is 0.237 e. The normalized spacial score (nSPS) is 30.7. The van der Waals surface area contributed by atoms with Crippen molar-refractivity contribution in [2.75, 3.05) is 0 Å². The summed E-state index contributed by atoms with van der Waals surface area (Å²) in [6.45, 7) is 4.10. The summed E-state index contributed by atoms with van der Waals surface area (Å²) < 4.78 is 2.20. The monoisotopic (exact) mass is 262 g/mol. The van der Waals surface area contributed by atoms with E-state index in [1.54, 1.807) is 0 Å². The van der Waals surface area contributed by atoms with Crippen LogP contribution >= 0.6 is 0 Å². The summed E-state index contributed by atoms with van der Waals surface area (Å²) in [5.74, 6) is -0.198. The van der Waals surface area contributed by atoms with Crippen LogP contribution in [0.3, 0.4) is 0 Å². The molecule has 2 unspecified atom stereocenters. The van der Waals surface area contributed by atoms with Crippen molar-refractivity contribution < 1.29 is 4.79 Å². The third kappa shape index (κ3) is 2.16. The maximum absolute atomic E-state index is 11.9. The highest BCUT2D eigenvalue weighted by atomic mass is 16.1. The van der Waals surface area contributed by atoms with Gasteiger partial charge in [-0.2, -0.15) is 0 Å². The number of imidazole rings is 1. The molecule has 104 valence electrons. The average Bonchev–Trinajstić information content (AvgIpc) is 2.97. The van der Waals surface area contributed by atoms with Gasteiger partial charge in [-0.25, -0.2) is 4.98 Å². The predicted molar refractivity (Wildman–Crippen MR) is 72.7 cm³/mol.